The molecule has 0 unspecified atom stereocenters. The summed E-state index contributed by atoms with van der Waals surface area (Å²) in [4.78, 5) is 0. The Balaban J connectivity index is 2.18. The summed E-state index contributed by atoms with van der Waals surface area (Å²) in [6.07, 6.45) is 0. The first-order chi connectivity index (χ1) is 11.6. The molecule has 3 aromatic carbocycles. The van der Waals surface area contributed by atoms with Crippen molar-refractivity contribution in [1.82, 2.24) is 0 Å². The van der Waals surface area contributed by atoms with E-state index in [0.717, 1.165) is 11.2 Å². The fourth-order valence-corrected chi connectivity index (χ4v) is 3.55. The van der Waals surface area contributed by atoms with Gasteiger partial charge in [0.1, 0.15) is 11.2 Å². The van der Waals surface area contributed by atoms with Gasteiger partial charge in [-0.3, -0.25) is 0 Å². The van der Waals surface area contributed by atoms with Crippen molar-refractivity contribution in [3.8, 4) is 0 Å². The zero-order chi connectivity index (χ0) is 18.0. The molecule has 0 aliphatic rings. The lowest BCUT2D eigenvalue weighted by Crippen LogP contribution is -2.16. The number of benzene rings is 3. The second-order valence-corrected chi connectivity index (χ2v) is 9.20. The summed E-state index contributed by atoms with van der Waals surface area (Å²) in [6.45, 7) is 13.6. The minimum atomic E-state index is 0.0345. The summed E-state index contributed by atoms with van der Waals surface area (Å²) in [5, 5.41) is 4.93. The number of furan rings is 1. The summed E-state index contributed by atoms with van der Waals surface area (Å²) >= 11 is 0. The Bertz CT molecular complexity index is 1100. The third kappa shape index (κ3) is 2.63. The highest BCUT2D eigenvalue weighted by atomic mass is 16.3. The summed E-state index contributed by atoms with van der Waals surface area (Å²) in [7, 11) is 0. The molecule has 128 valence electrons. The number of hydrogen-bond acceptors (Lipinski definition) is 1. The lowest BCUT2D eigenvalue weighted by Gasteiger charge is -2.25. The van der Waals surface area contributed by atoms with Gasteiger partial charge < -0.3 is 4.42 Å². The molecule has 0 bridgehead atoms. The number of hydrogen-bond donors (Lipinski definition) is 0. The summed E-state index contributed by atoms with van der Waals surface area (Å²) in [6, 6.07) is 17.6. The van der Waals surface area contributed by atoms with Crippen molar-refractivity contribution in [2.75, 3.05) is 0 Å². The number of fused-ring (bicyclic) bond motifs is 4. The van der Waals surface area contributed by atoms with Crippen LogP contribution in [0.5, 0.6) is 0 Å². The standard InChI is InChI=1S/C24H26O/c1-23(2,3)17-13-19-18-11-15-9-7-8-10-16(15)12-21(18)25-22(19)20(14-17)24(4,5)6/h7-14H,1-6H3. The molecule has 1 aromatic heterocycles. The molecule has 0 N–H and O–H groups in total. The predicted molar refractivity (Wildman–Crippen MR) is 109 cm³/mol. The molecule has 4 aromatic rings. The lowest BCUT2D eigenvalue weighted by molar-refractivity contribution is 0.559. The highest BCUT2D eigenvalue weighted by Gasteiger charge is 2.25. The zero-order valence-electron chi connectivity index (χ0n) is 16.0. The largest absolute Gasteiger partial charge is 0.456 e. The minimum Gasteiger partial charge on any atom is -0.456 e. The van der Waals surface area contributed by atoms with E-state index >= 15 is 0 Å². The van der Waals surface area contributed by atoms with E-state index in [4.69, 9.17) is 4.42 Å². The van der Waals surface area contributed by atoms with E-state index in [1.807, 2.05) is 0 Å². The fraction of sp³-hybridized carbons (Fsp3) is 0.333. The van der Waals surface area contributed by atoms with Crippen LogP contribution < -0.4 is 0 Å². The van der Waals surface area contributed by atoms with E-state index in [2.05, 4.69) is 90.1 Å². The molecule has 0 amide bonds. The van der Waals surface area contributed by atoms with E-state index in [0.29, 0.717) is 0 Å². The maximum atomic E-state index is 6.39. The molecule has 1 heteroatoms. The van der Waals surface area contributed by atoms with Gasteiger partial charge in [-0.15, -0.1) is 0 Å². The minimum absolute atomic E-state index is 0.0345. The average molecular weight is 330 g/mol. The Hall–Kier alpha value is -2.28. The van der Waals surface area contributed by atoms with Crippen LogP contribution in [0.3, 0.4) is 0 Å². The Morgan fingerprint density at radius 1 is 0.680 bits per heavy atom. The van der Waals surface area contributed by atoms with Gasteiger partial charge in [0.05, 0.1) is 0 Å². The van der Waals surface area contributed by atoms with Crippen molar-refractivity contribution in [2.24, 2.45) is 0 Å². The van der Waals surface area contributed by atoms with Gasteiger partial charge in [-0.2, -0.15) is 0 Å². The van der Waals surface area contributed by atoms with Gasteiger partial charge in [0.15, 0.2) is 0 Å². The molecule has 0 fully saturated rings. The molecule has 0 aliphatic heterocycles. The molecular weight excluding hydrogens is 304 g/mol. The topological polar surface area (TPSA) is 13.1 Å². The van der Waals surface area contributed by atoms with Crippen LogP contribution in [-0.2, 0) is 10.8 Å². The quantitative estimate of drug-likeness (QED) is 0.329. The van der Waals surface area contributed by atoms with Crippen molar-refractivity contribution < 1.29 is 4.42 Å². The maximum absolute atomic E-state index is 6.39. The smallest absolute Gasteiger partial charge is 0.139 e. The SMILES string of the molecule is CC(C)(C)c1cc(C(C)(C)C)c2oc3cc4ccccc4cc3c2c1. The Morgan fingerprint density at radius 2 is 1.32 bits per heavy atom. The van der Waals surface area contributed by atoms with Gasteiger partial charge in [-0.1, -0.05) is 71.9 Å². The normalized spacial score (nSPS) is 13.2. The first kappa shape index (κ1) is 16.2. The van der Waals surface area contributed by atoms with Crippen molar-refractivity contribution >= 4 is 32.7 Å². The van der Waals surface area contributed by atoms with Crippen molar-refractivity contribution in [3.05, 3.63) is 59.7 Å². The molecule has 25 heavy (non-hydrogen) atoms. The van der Waals surface area contributed by atoms with Crippen LogP contribution in [0.25, 0.3) is 32.7 Å². The van der Waals surface area contributed by atoms with Crippen LogP contribution in [0.1, 0.15) is 52.7 Å². The van der Waals surface area contributed by atoms with Gasteiger partial charge >= 0.3 is 0 Å². The van der Waals surface area contributed by atoms with E-state index in [1.165, 1.54) is 32.7 Å². The Morgan fingerprint density at radius 3 is 1.92 bits per heavy atom. The first-order valence-electron chi connectivity index (χ1n) is 9.04. The summed E-state index contributed by atoms with van der Waals surface area (Å²) in [5.74, 6) is 0. The van der Waals surface area contributed by atoms with Crippen LogP contribution in [0, 0.1) is 0 Å². The Labute approximate surface area is 149 Å². The molecular formula is C24H26O. The molecule has 0 saturated carbocycles. The van der Waals surface area contributed by atoms with Crippen LogP contribution >= 0.6 is 0 Å². The van der Waals surface area contributed by atoms with Crippen LogP contribution in [0.2, 0.25) is 0 Å². The second kappa shape index (κ2) is 5.11. The third-order valence-electron chi connectivity index (χ3n) is 5.11. The molecule has 1 nitrogen and oxygen atoms in total. The predicted octanol–water partition coefficient (Wildman–Crippen LogP) is 7.33. The van der Waals surface area contributed by atoms with Crippen LogP contribution in [0.15, 0.2) is 52.9 Å². The van der Waals surface area contributed by atoms with Gasteiger partial charge in [-0.05, 0) is 45.4 Å². The highest BCUT2D eigenvalue weighted by molar-refractivity contribution is 6.11. The van der Waals surface area contributed by atoms with E-state index < -0.39 is 0 Å². The van der Waals surface area contributed by atoms with Gasteiger partial charge in [0.2, 0.25) is 0 Å². The molecule has 4 rings (SSSR count). The van der Waals surface area contributed by atoms with Gasteiger partial charge in [-0.25, -0.2) is 0 Å². The summed E-state index contributed by atoms with van der Waals surface area (Å²) < 4.78 is 6.39. The monoisotopic (exact) mass is 330 g/mol. The van der Waals surface area contributed by atoms with Crippen molar-refractivity contribution in [1.29, 1.82) is 0 Å². The van der Waals surface area contributed by atoms with E-state index in [-0.39, 0.29) is 10.8 Å². The van der Waals surface area contributed by atoms with Crippen molar-refractivity contribution in [3.63, 3.8) is 0 Å². The fourth-order valence-electron chi connectivity index (χ4n) is 3.55. The highest BCUT2D eigenvalue weighted by Crippen LogP contribution is 2.40. The van der Waals surface area contributed by atoms with Crippen LogP contribution in [-0.4, -0.2) is 0 Å². The first-order valence-corrected chi connectivity index (χ1v) is 9.04. The molecule has 0 saturated heterocycles. The van der Waals surface area contributed by atoms with Crippen LogP contribution in [0.4, 0.5) is 0 Å². The summed E-state index contributed by atoms with van der Waals surface area (Å²) in [5.41, 5.74) is 4.80. The van der Waals surface area contributed by atoms with Gasteiger partial charge in [0.25, 0.3) is 0 Å². The average Bonchev–Trinajstić information content (AvgIpc) is 2.87. The second-order valence-electron chi connectivity index (χ2n) is 9.20. The van der Waals surface area contributed by atoms with E-state index in [9.17, 15) is 0 Å². The van der Waals surface area contributed by atoms with Crippen molar-refractivity contribution in [2.45, 2.75) is 52.4 Å². The molecule has 1 heterocycles. The van der Waals surface area contributed by atoms with E-state index in [1.54, 1.807) is 0 Å². The van der Waals surface area contributed by atoms with Gasteiger partial charge in [0, 0.05) is 16.3 Å². The maximum Gasteiger partial charge on any atom is 0.139 e. The molecule has 0 aliphatic carbocycles. The lowest BCUT2D eigenvalue weighted by atomic mass is 9.79. The molecule has 0 spiro atoms. The Kier molecular flexibility index (Phi) is 3.31. The number of rotatable bonds is 0. The molecule has 0 radical (unpaired) electrons. The third-order valence-corrected chi connectivity index (χ3v) is 5.11. The molecule has 0 atom stereocenters. The zero-order valence-corrected chi connectivity index (χ0v) is 16.0.